The maximum atomic E-state index is 7.70. The highest BCUT2D eigenvalue weighted by molar-refractivity contribution is 5.68. The number of benzene rings is 1. The van der Waals surface area contributed by atoms with E-state index in [1.54, 1.807) is 12.7 Å². The molecule has 5 nitrogen and oxygen atoms in total. The third kappa shape index (κ3) is 1.79. The second kappa shape index (κ2) is 4.10. The first-order valence-electron chi connectivity index (χ1n) is 5.73. The zero-order chi connectivity index (χ0) is 12.5. The maximum absolute atomic E-state index is 7.70. The summed E-state index contributed by atoms with van der Waals surface area (Å²) in [6, 6.07) is 8.33. The fourth-order valence-electron chi connectivity index (χ4n) is 2.05. The van der Waals surface area contributed by atoms with Crippen molar-refractivity contribution in [1.82, 2.24) is 19.5 Å². The molecule has 0 aliphatic carbocycles. The maximum Gasteiger partial charge on any atom is 0.173 e. The molecule has 1 aromatic carbocycles. The van der Waals surface area contributed by atoms with Gasteiger partial charge in [-0.05, 0) is 12.5 Å². The van der Waals surface area contributed by atoms with Gasteiger partial charge in [0.15, 0.2) is 11.1 Å². The van der Waals surface area contributed by atoms with Crippen LogP contribution in [0.1, 0.15) is 11.1 Å². The lowest BCUT2D eigenvalue weighted by Gasteiger charge is -2.07. The lowest BCUT2D eigenvalue weighted by atomic mass is 10.1. The number of H-pyrrole nitrogens is 1. The monoisotopic (exact) mass is 239 g/mol. The summed E-state index contributed by atoms with van der Waals surface area (Å²) in [6.45, 7) is 2.78. The molecule has 0 aliphatic rings. The molecule has 2 aromatic heterocycles. The third-order valence-electron chi connectivity index (χ3n) is 2.89. The standard InChI is InChI=1S/C13H13N5/c1-9-3-2-4-10(5-9)6-18-8-17-12(14)11-13(18)16-7-15-11/h2-5,7-8,14H,6H2,1H3,(H,15,16). The van der Waals surface area contributed by atoms with Gasteiger partial charge in [-0.15, -0.1) is 0 Å². The van der Waals surface area contributed by atoms with Crippen LogP contribution in [-0.2, 0) is 6.54 Å². The van der Waals surface area contributed by atoms with Crippen LogP contribution in [0.15, 0.2) is 36.9 Å². The first-order chi connectivity index (χ1) is 8.74. The number of hydrogen-bond acceptors (Lipinski definition) is 3. The molecule has 90 valence electrons. The molecule has 18 heavy (non-hydrogen) atoms. The number of hydrogen-bond donors (Lipinski definition) is 2. The SMILES string of the molecule is Cc1cccc(Cn2cnc(=N)c3[nH]cnc32)c1. The van der Waals surface area contributed by atoms with Gasteiger partial charge in [0.2, 0.25) is 0 Å². The van der Waals surface area contributed by atoms with Gasteiger partial charge in [-0.25, -0.2) is 9.97 Å². The van der Waals surface area contributed by atoms with Crippen LogP contribution in [0.4, 0.5) is 0 Å². The minimum Gasteiger partial charge on any atom is -0.340 e. The molecule has 5 heteroatoms. The molecule has 0 fully saturated rings. The zero-order valence-corrected chi connectivity index (χ0v) is 10.0. The smallest absolute Gasteiger partial charge is 0.173 e. The molecular formula is C13H13N5. The molecule has 0 radical (unpaired) electrons. The Hall–Kier alpha value is -2.43. The lowest BCUT2D eigenvalue weighted by Crippen LogP contribution is -2.13. The van der Waals surface area contributed by atoms with Crippen LogP contribution in [0.5, 0.6) is 0 Å². The zero-order valence-electron chi connectivity index (χ0n) is 10.0. The minimum absolute atomic E-state index is 0.225. The van der Waals surface area contributed by atoms with Crippen LogP contribution in [0.2, 0.25) is 0 Å². The first-order valence-corrected chi connectivity index (χ1v) is 5.73. The molecule has 3 rings (SSSR count). The average molecular weight is 239 g/mol. The number of imidazole rings is 1. The quantitative estimate of drug-likeness (QED) is 0.713. The average Bonchev–Trinajstić information content (AvgIpc) is 2.83. The lowest BCUT2D eigenvalue weighted by molar-refractivity contribution is 0.783. The molecular weight excluding hydrogens is 226 g/mol. The molecule has 3 aromatic rings. The molecule has 0 unspecified atom stereocenters. The summed E-state index contributed by atoms with van der Waals surface area (Å²) >= 11 is 0. The van der Waals surface area contributed by atoms with E-state index in [0.29, 0.717) is 12.1 Å². The predicted octanol–water partition coefficient (Wildman–Crippen LogP) is 1.60. The molecule has 0 saturated heterocycles. The van der Waals surface area contributed by atoms with Gasteiger partial charge in [0.05, 0.1) is 19.2 Å². The Labute approximate surface area is 104 Å². The molecule has 0 atom stereocenters. The fraction of sp³-hybridized carbons (Fsp3) is 0.154. The van der Waals surface area contributed by atoms with E-state index in [9.17, 15) is 0 Å². The molecule has 0 amide bonds. The Morgan fingerprint density at radius 2 is 2.22 bits per heavy atom. The van der Waals surface area contributed by atoms with Gasteiger partial charge >= 0.3 is 0 Å². The number of aromatic nitrogens is 4. The van der Waals surface area contributed by atoms with E-state index in [1.165, 1.54) is 11.1 Å². The number of fused-ring (bicyclic) bond motifs is 1. The highest BCUT2D eigenvalue weighted by Crippen LogP contribution is 2.09. The summed E-state index contributed by atoms with van der Waals surface area (Å²) < 4.78 is 1.94. The van der Waals surface area contributed by atoms with Crippen molar-refractivity contribution in [2.45, 2.75) is 13.5 Å². The van der Waals surface area contributed by atoms with Crippen LogP contribution in [0, 0.1) is 12.3 Å². The van der Waals surface area contributed by atoms with Crippen molar-refractivity contribution in [2.24, 2.45) is 0 Å². The van der Waals surface area contributed by atoms with Crippen LogP contribution < -0.4 is 5.49 Å². The summed E-state index contributed by atoms with van der Waals surface area (Å²) in [6.07, 6.45) is 3.25. The van der Waals surface area contributed by atoms with E-state index in [2.05, 4.69) is 40.1 Å². The Morgan fingerprint density at radius 3 is 3.06 bits per heavy atom. The van der Waals surface area contributed by atoms with Crippen LogP contribution >= 0.6 is 0 Å². The third-order valence-corrected chi connectivity index (χ3v) is 2.89. The minimum atomic E-state index is 0.225. The van der Waals surface area contributed by atoms with Crippen LogP contribution in [0.25, 0.3) is 11.2 Å². The highest BCUT2D eigenvalue weighted by Gasteiger charge is 2.04. The van der Waals surface area contributed by atoms with Crippen molar-refractivity contribution >= 4 is 11.2 Å². The summed E-state index contributed by atoms with van der Waals surface area (Å²) in [4.78, 5) is 11.2. The molecule has 2 N–H and O–H groups in total. The Morgan fingerprint density at radius 1 is 1.33 bits per heavy atom. The van der Waals surface area contributed by atoms with E-state index in [4.69, 9.17) is 5.41 Å². The Bertz CT molecular complexity index is 753. The van der Waals surface area contributed by atoms with Crippen molar-refractivity contribution in [1.29, 1.82) is 5.41 Å². The number of rotatable bonds is 2. The molecule has 0 saturated carbocycles. The van der Waals surface area contributed by atoms with Crippen LogP contribution in [-0.4, -0.2) is 19.5 Å². The normalized spacial score (nSPS) is 10.9. The predicted molar refractivity (Wildman–Crippen MR) is 68.0 cm³/mol. The number of nitrogens with zero attached hydrogens (tertiary/aromatic N) is 3. The van der Waals surface area contributed by atoms with Crippen molar-refractivity contribution in [3.05, 3.63) is 53.5 Å². The van der Waals surface area contributed by atoms with Gasteiger partial charge in [0.25, 0.3) is 0 Å². The fourth-order valence-corrected chi connectivity index (χ4v) is 2.05. The van der Waals surface area contributed by atoms with Crippen molar-refractivity contribution < 1.29 is 0 Å². The van der Waals surface area contributed by atoms with Gasteiger partial charge in [-0.1, -0.05) is 29.8 Å². The van der Waals surface area contributed by atoms with E-state index >= 15 is 0 Å². The Kier molecular flexibility index (Phi) is 2.44. The molecule has 0 bridgehead atoms. The second-order valence-corrected chi connectivity index (χ2v) is 4.31. The number of aromatic amines is 1. The van der Waals surface area contributed by atoms with E-state index in [1.807, 2.05) is 10.6 Å². The van der Waals surface area contributed by atoms with Gasteiger partial charge in [-0.2, -0.15) is 0 Å². The second-order valence-electron chi connectivity index (χ2n) is 4.31. The summed E-state index contributed by atoms with van der Waals surface area (Å²) in [5, 5.41) is 7.70. The summed E-state index contributed by atoms with van der Waals surface area (Å²) in [5.74, 6) is 0. The van der Waals surface area contributed by atoms with Crippen molar-refractivity contribution in [3.63, 3.8) is 0 Å². The molecule has 0 spiro atoms. The number of nitrogens with one attached hydrogen (secondary N) is 2. The largest absolute Gasteiger partial charge is 0.340 e. The van der Waals surface area contributed by atoms with Crippen molar-refractivity contribution in [2.75, 3.05) is 0 Å². The van der Waals surface area contributed by atoms with E-state index in [-0.39, 0.29) is 5.49 Å². The van der Waals surface area contributed by atoms with Crippen molar-refractivity contribution in [3.8, 4) is 0 Å². The van der Waals surface area contributed by atoms with Gasteiger partial charge < -0.3 is 9.55 Å². The van der Waals surface area contributed by atoms with Gasteiger partial charge in [0, 0.05) is 0 Å². The van der Waals surface area contributed by atoms with Gasteiger partial charge in [0.1, 0.15) is 5.52 Å². The molecule has 0 aliphatic heterocycles. The molecule has 2 heterocycles. The summed E-state index contributed by atoms with van der Waals surface area (Å²) in [5.41, 5.74) is 4.09. The van der Waals surface area contributed by atoms with Gasteiger partial charge in [-0.3, -0.25) is 5.41 Å². The summed E-state index contributed by atoms with van der Waals surface area (Å²) in [7, 11) is 0. The topological polar surface area (TPSA) is 70.3 Å². The number of aryl methyl sites for hydroxylation is 1. The van der Waals surface area contributed by atoms with E-state index < -0.39 is 0 Å². The van der Waals surface area contributed by atoms with Crippen LogP contribution in [0.3, 0.4) is 0 Å². The Balaban J connectivity index is 2.08. The van der Waals surface area contributed by atoms with E-state index in [0.717, 1.165) is 5.65 Å². The highest BCUT2D eigenvalue weighted by atomic mass is 15.1. The first kappa shape index (κ1) is 10.7.